The predicted octanol–water partition coefficient (Wildman–Crippen LogP) is 2.89. The van der Waals surface area contributed by atoms with Crippen molar-refractivity contribution in [1.82, 2.24) is 9.55 Å². The van der Waals surface area contributed by atoms with Gasteiger partial charge in [0.15, 0.2) is 0 Å². The number of rotatable bonds is 3. The number of nitrogen functional groups attached to an aromatic ring is 1. The van der Waals surface area contributed by atoms with Crippen LogP contribution in [-0.4, -0.2) is 9.55 Å². The van der Waals surface area contributed by atoms with Crippen LogP contribution < -0.4 is 5.73 Å². The molecular weight excluding hydrogens is 252 g/mol. The minimum atomic E-state index is 0.0973. The maximum Gasteiger partial charge on any atom is 0.201 e. The molecule has 2 aromatic heterocycles. The van der Waals surface area contributed by atoms with Crippen molar-refractivity contribution in [3.05, 3.63) is 47.9 Å². The highest BCUT2D eigenvalue weighted by Gasteiger charge is 2.17. The van der Waals surface area contributed by atoms with E-state index in [0.29, 0.717) is 17.0 Å². The first-order valence-corrected chi connectivity index (χ1v) is 6.39. The number of fused-ring (bicyclic) bond motifs is 1. The van der Waals surface area contributed by atoms with E-state index in [1.165, 1.54) is 0 Å². The zero-order chi connectivity index (χ0) is 14.1. The number of aromatic nitrogens is 2. The Morgan fingerprint density at radius 3 is 2.95 bits per heavy atom. The number of nitrogens with zero attached hydrogens (tertiary/aromatic N) is 3. The first-order chi connectivity index (χ1) is 9.70. The smallest absolute Gasteiger partial charge is 0.201 e. The Bertz CT molecular complexity index is 780. The van der Waals surface area contributed by atoms with Crippen LogP contribution in [0.2, 0.25) is 0 Å². The summed E-state index contributed by atoms with van der Waals surface area (Å²) in [6.07, 6.45) is 2.38. The van der Waals surface area contributed by atoms with Crippen molar-refractivity contribution < 1.29 is 4.42 Å². The number of furan rings is 1. The molecule has 100 valence electrons. The van der Waals surface area contributed by atoms with Gasteiger partial charge in [0.05, 0.1) is 17.3 Å². The molecule has 3 aromatic rings. The summed E-state index contributed by atoms with van der Waals surface area (Å²) in [4.78, 5) is 4.32. The summed E-state index contributed by atoms with van der Waals surface area (Å²) in [6.45, 7) is 2.05. The summed E-state index contributed by atoms with van der Waals surface area (Å²) in [6, 6.07) is 11.6. The number of imidazole rings is 1. The Balaban J connectivity index is 2.07. The maximum atomic E-state index is 9.13. The highest BCUT2D eigenvalue weighted by Crippen LogP contribution is 2.26. The third-order valence-corrected chi connectivity index (χ3v) is 3.39. The van der Waals surface area contributed by atoms with Gasteiger partial charge >= 0.3 is 0 Å². The number of benzene rings is 1. The molecule has 0 bridgehead atoms. The molecule has 2 heterocycles. The van der Waals surface area contributed by atoms with Crippen LogP contribution in [0.5, 0.6) is 0 Å². The van der Waals surface area contributed by atoms with Gasteiger partial charge in [-0.15, -0.1) is 0 Å². The van der Waals surface area contributed by atoms with Gasteiger partial charge in [0.2, 0.25) is 5.95 Å². The Labute approximate surface area is 116 Å². The van der Waals surface area contributed by atoms with E-state index in [4.69, 9.17) is 15.4 Å². The third-order valence-electron chi connectivity index (χ3n) is 3.39. The fraction of sp³-hybridized carbons (Fsp3) is 0.200. The summed E-state index contributed by atoms with van der Waals surface area (Å²) in [5.41, 5.74) is 8.09. The number of para-hydroxylation sites is 1. The van der Waals surface area contributed by atoms with Gasteiger partial charge in [-0.3, -0.25) is 0 Å². The molecule has 0 aliphatic heterocycles. The van der Waals surface area contributed by atoms with Gasteiger partial charge in [0.25, 0.3) is 0 Å². The van der Waals surface area contributed by atoms with Crippen molar-refractivity contribution in [2.45, 2.75) is 19.4 Å². The van der Waals surface area contributed by atoms with Crippen LogP contribution in [-0.2, 0) is 6.42 Å². The third kappa shape index (κ3) is 1.91. The highest BCUT2D eigenvalue weighted by molar-refractivity contribution is 5.84. The largest absolute Gasteiger partial charge is 0.469 e. The number of hydrogen-bond donors (Lipinski definition) is 1. The lowest BCUT2D eigenvalue weighted by Gasteiger charge is -2.14. The predicted molar refractivity (Wildman–Crippen MR) is 76.0 cm³/mol. The van der Waals surface area contributed by atoms with Crippen molar-refractivity contribution >= 4 is 17.0 Å². The van der Waals surface area contributed by atoms with Gasteiger partial charge in [0, 0.05) is 12.5 Å². The van der Waals surface area contributed by atoms with E-state index in [0.717, 1.165) is 17.7 Å². The Hall–Kier alpha value is -2.74. The number of hydrogen-bond acceptors (Lipinski definition) is 4. The van der Waals surface area contributed by atoms with Crippen LogP contribution in [0.1, 0.15) is 24.3 Å². The lowest BCUT2D eigenvalue weighted by Crippen LogP contribution is -2.11. The lowest BCUT2D eigenvalue weighted by molar-refractivity contribution is 0.456. The van der Waals surface area contributed by atoms with Crippen LogP contribution in [0, 0.1) is 11.3 Å². The van der Waals surface area contributed by atoms with Crippen LogP contribution in [0.15, 0.2) is 41.0 Å². The first-order valence-electron chi connectivity index (χ1n) is 6.39. The molecule has 0 saturated carbocycles. The average molecular weight is 266 g/mol. The van der Waals surface area contributed by atoms with Gasteiger partial charge < -0.3 is 14.7 Å². The number of nitrogens with two attached hydrogens (primary N) is 1. The first kappa shape index (κ1) is 12.3. The van der Waals surface area contributed by atoms with Crippen molar-refractivity contribution in [2.24, 2.45) is 0 Å². The molecule has 0 saturated heterocycles. The van der Waals surface area contributed by atoms with E-state index < -0.39 is 0 Å². The topological polar surface area (TPSA) is 80.8 Å². The molecule has 5 heteroatoms. The summed E-state index contributed by atoms with van der Waals surface area (Å²) in [7, 11) is 0. The van der Waals surface area contributed by atoms with E-state index in [-0.39, 0.29) is 6.04 Å². The van der Waals surface area contributed by atoms with E-state index in [2.05, 4.69) is 18.0 Å². The summed E-state index contributed by atoms with van der Waals surface area (Å²) in [5.74, 6) is 1.32. The molecule has 0 radical (unpaired) electrons. The number of anilines is 1. The van der Waals surface area contributed by atoms with Gasteiger partial charge in [-0.1, -0.05) is 6.07 Å². The maximum absolute atomic E-state index is 9.13. The van der Waals surface area contributed by atoms with Gasteiger partial charge in [0.1, 0.15) is 17.3 Å². The Morgan fingerprint density at radius 2 is 2.25 bits per heavy atom. The SMILES string of the molecule is CC(Cc1ccco1)n1c(N)nc2c(C#N)cccc21. The Morgan fingerprint density at radius 1 is 1.40 bits per heavy atom. The zero-order valence-corrected chi connectivity index (χ0v) is 11.1. The summed E-state index contributed by atoms with van der Waals surface area (Å²) in [5, 5.41) is 9.13. The molecule has 2 N–H and O–H groups in total. The highest BCUT2D eigenvalue weighted by atomic mass is 16.3. The summed E-state index contributed by atoms with van der Waals surface area (Å²) >= 11 is 0. The molecule has 1 atom stereocenters. The van der Waals surface area contributed by atoms with Crippen LogP contribution in [0.4, 0.5) is 5.95 Å². The van der Waals surface area contributed by atoms with Crippen molar-refractivity contribution in [2.75, 3.05) is 5.73 Å². The van der Waals surface area contributed by atoms with Gasteiger partial charge in [-0.2, -0.15) is 5.26 Å². The van der Waals surface area contributed by atoms with E-state index >= 15 is 0 Å². The molecule has 5 nitrogen and oxygen atoms in total. The monoisotopic (exact) mass is 266 g/mol. The molecule has 1 aromatic carbocycles. The molecule has 0 aliphatic carbocycles. The second kappa shape index (κ2) is 4.74. The molecule has 20 heavy (non-hydrogen) atoms. The minimum Gasteiger partial charge on any atom is -0.469 e. The van der Waals surface area contributed by atoms with Crippen molar-refractivity contribution in [1.29, 1.82) is 5.26 Å². The normalized spacial score (nSPS) is 12.4. The standard InChI is InChI=1S/C15H14N4O/c1-10(8-12-5-3-7-20-12)19-13-6-2-4-11(9-16)14(13)18-15(19)17/h2-7,10H,8H2,1H3,(H2,17,18). The summed E-state index contributed by atoms with van der Waals surface area (Å²) < 4.78 is 7.32. The molecule has 3 rings (SSSR count). The van der Waals surface area contributed by atoms with Gasteiger partial charge in [-0.25, -0.2) is 4.98 Å². The zero-order valence-electron chi connectivity index (χ0n) is 11.1. The van der Waals surface area contributed by atoms with Crippen LogP contribution >= 0.6 is 0 Å². The molecular formula is C15H14N4O. The molecule has 1 unspecified atom stereocenters. The lowest BCUT2D eigenvalue weighted by atomic mass is 10.1. The van der Waals surface area contributed by atoms with E-state index in [9.17, 15) is 0 Å². The van der Waals surface area contributed by atoms with E-state index in [1.54, 1.807) is 12.3 Å². The second-order valence-electron chi connectivity index (χ2n) is 4.76. The quantitative estimate of drug-likeness (QED) is 0.790. The molecule has 0 amide bonds. The number of nitriles is 1. The van der Waals surface area contributed by atoms with Crippen molar-refractivity contribution in [3.8, 4) is 6.07 Å². The van der Waals surface area contributed by atoms with Crippen LogP contribution in [0.3, 0.4) is 0 Å². The molecule has 0 aliphatic rings. The minimum absolute atomic E-state index is 0.0973. The fourth-order valence-electron chi connectivity index (χ4n) is 2.50. The van der Waals surface area contributed by atoms with Gasteiger partial charge in [-0.05, 0) is 31.2 Å². The second-order valence-corrected chi connectivity index (χ2v) is 4.76. The Kier molecular flexibility index (Phi) is 2.92. The molecule has 0 fully saturated rings. The molecule has 0 spiro atoms. The van der Waals surface area contributed by atoms with Crippen molar-refractivity contribution in [3.63, 3.8) is 0 Å². The average Bonchev–Trinajstić information content (AvgIpc) is 3.04. The van der Waals surface area contributed by atoms with E-state index in [1.807, 2.05) is 28.8 Å². The fourth-order valence-corrected chi connectivity index (χ4v) is 2.50. The van der Waals surface area contributed by atoms with Crippen LogP contribution in [0.25, 0.3) is 11.0 Å².